The Morgan fingerprint density at radius 1 is 1.00 bits per heavy atom. The van der Waals surface area contributed by atoms with E-state index in [9.17, 15) is 27.9 Å². The molecule has 1 amide bonds. The number of hydrogen-bond acceptors (Lipinski definition) is 2. The third-order valence-corrected chi connectivity index (χ3v) is 4.60. The van der Waals surface area contributed by atoms with E-state index in [1.165, 1.54) is 18.2 Å². The summed E-state index contributed by atoms with van der Waals surface area (Å²) in [6.45, 7) is 1.47. The lowest BCUT2D eigenvalue weighted by molar-refractivity contribution is -0.144. The number of halogens is 3. The number of carboxylic acid groups (broad SMARTS) is 1. The Kier molecular flexibility index (Phi) is 6.25. The molecule has 4 nitrogen and oxygen atoms in total. The van der Waals surface area contributed by atoms with Crippen LogP contribution >= 0.6 is 0 Å². The lowest BCUT2D eigenvalue weighted by Gasteiger charge is -2.29. The Labute approximate surface area is 155 Å². The van der Waals surface area contributed by atoms with Gasteiger partial charge in [0.1, 0.15) is 5.41 Å². The highest BCUT2D eigenvalue weighted by atomic mass is 19.4. The standard InChI is InChI=1S/C20H20F3NO3/c1-2-19(18(26)27,15-9-4-3-5-10-15)13-24-17(25)12-14-8-6-7-11-16(14)20(21,22)23/h3-11H,2,12-13H2,1H3,(H,24,25)(H,26,27). The van der Waals surface area contributed by atoms with Gasteiger partial charge in [-0.3, -0.25) is 9.59 Å². The Morgan fingerprint density at radius 3 is 2.15 bits per heavy atom. The van der Waals surface area contributed by atoms with Crippen LogP contribution in [0.2, 0.25) is 0 Å². The van der Waals surface area contributed by atoms with Crippen LogP contribution in [0.25, 0.3) is 0 Å². The Bertz CT molecular complexity index is 806. The van der Waals surface area contributed by atoms with Crippen LogP contribution in [0.1, 0.15) is 30.0 Å². The summed E-state index contributed by atoms with van der Waals surface area (Å²) in [5, 5.41) is 12.2. The van der Waals surface area contributed by atoms with Gasteiger partial charge in [0.05, 0.1) is 12.0 Å². The van der Waals surface area contributed by atoms with E-state index in [2.05, 4.69) is 5.32 Å². The quantitative estimate of drug-likeness (QED) is 0.769. The van der Waals surface area contributed by atoms with Crippen molar-refractivity contribution in [2.75, 3.05) is 6.54 Å². The fourth-order valence-electron chi connectivity index (χ4n) is 2.97. The number of hydrogen-bond donors (Lipinski definition) is 2. The SMILES string of the molecule is CCC(CNC(=O)Cc1ccccc1C(F)(F)F)(C(=O)O)c1ccccc1. The molecular formula is C20H20F3NO3. The summed E-state index contributed by atoms with van der Waals surface area (Å²) in [4.78, 5) is 24.1. The number of carboxylic acids is 1. The van der Waals surface area contributed by atoms with Crippen LogP contribution in [0.5, 0.6) is 0 Å². The third-order valence-electron chi connectivity index (χ3n) is 4.60. The van der Waals surface area contributed by atoms with Crippen molar-refractivity contribution in [3.8, 4) is 0 Å². The van der Waals surface area contributed by atoms with E-state index in [-0.39, 0.29) is 18.5 Å². The van der Waals surface area contributed by atoms with Crippen molar-refractivity contribution in [1.29, 1.82) is 0 Å². The van der Waals surface area contributed by atoms with Crippen molar-refractivity contribution < 1.29 is 27.9 Å². The highest BCUT2D eigenvalue weighted by molar-refractivity contribution is 5.84. The van der Waals surface area contributed by atoms with Crippen LogP contribution in [-0.4, -0.2) is 23.5 Å². The molecule has 2 rings (SSSR count). The Balaban J connectivity index is 2.18. The van der Waals surface area contributed by atoms with E-state index in [1.807, 2.05) is 0 Å². The zero-order valence-corrected chi connectivity index (χ0v) is 14.7. The molecule has 0 aliphatic carbocycles. The number of nitrogens with one attached hydrogen (secondary N) is 1. The zero-order chi connectivity index (χ0) is 20.1. The van der Waals surface area contributed by atoms with Crippen molar-refractivity contribution in [1.82, 2.24) is 5.32 Å². The molecule has 2 aromatic carbocycles. The van der Waals surface area contributed by atoms with Gasteiger partial charge in [0.2, 0.25) is 5.91 Å². The zero-order valence-electron chi connectivity index (χ0n) is 14.7. The van der Waals surface area contributed by atoms with E-state index < -0.39 is 35.5 Å². The molecule has 2 aromatic rings. The molecule has 0 saturated heterocycles. The summed E-state index contributed by atoms with van der Waals surface area (Å²) < 4.78 is 39.1. The number of benzene rings is 2. The normalized spacial score (nSPS) is 13.6. The van der Waals surface area contributed by atoms with Crippen LogP contribution in [0.15, 0.2) is 54.6 Å². The number of alkyl halides is 3. The van der Waals surface area contributed by atoms with Gasteiger partial charge in [0, 0.05) is 6.54 Å². The number of carbonyl (C=O) groups excluding carboxylic acids is 1. The predicted octanol–water partition coefficient (Wildman–Crippen LogP) is 3.80. The van der Waals surface area contributed by atoms with E-state index in [0.717, 1.165) is 6.07 Å². The highest BCUT2D eigenvalue weighted by Gasteiger charge is 2.39. The van der Waals surface area contributed by atoms with Crippen LogP contribution in [0, 0.1) is 0 Å². The summed E-state index contributed by atoms with van der Waals surface area (Å²) in [5.74, 6) is -1.77. The summed E-state index contributed by atoms with van der Waals surface area (Å²) in [6, 6.07) is 13.3. The summed E-state index contributed by atoms with van der Waals surface area (Å²) >= 11 is 0. The summed E-state index contributed by atoms with van der Waals surface area (Å²) in [6.07, 6.45) is -4.83. The topological polar surface area (TPSA) is 66.4 Å². The van der Waals surface area contributed by atoms with Crippen LogP contribution < -0.4 is 5.32 Å². The molecule has 0 spiro atoms. The minimum absolute atomic E-state index is 0.153. The molecule has 1 unspecified atom stereocenters. The summed E-state index contributed by atoms with van der Waals surface area (Å²) in [5.41, 5.74) is -1.85. The van der Waals surface area contributed by atoms with Crippen molar-refractivity contribution in [2.24, 2.45) is 0 Å². The molecule has 0 saturated carbocycles. The molecule has 0 fully saturated rings. The van der Waals surface area contributed by atoms with Crippen molar-refractivity contribution >= 4 is 11.9 Å². The van der Waals surface area contributed by atoms with Gasteiger partial charge in [0.15, 0.2) is 0 Å². The van der Waals surface area contributed by atoms with Crippen LogP contribution in [0.4, 0.5) is 13.2 Å². The largest absolute Gasteiger partial charge is 0.481 e. The second-order valence-electron chi connectivity index (χ2n) is 6.22. The van der Waals surface area contributed by atoms with Gasteiger partial charge < -0.3 is 10.4 Å². The maximum absolute atomic E-state index is 13.0. The predicted molar refractivity (Wildman–Crippen MR) is 94.2 cm³/mol. The van der Waals surface area contributed by atoms with Gasteiger partial charge >= 0.3 is 12.1 Å². The molecule has 0 radical (unpaired) electrons. The van der Waals surface area contributed by atoms with Gasteiger partial charge in [-0.15, -0.1) is 0 Å². The molecule has 0 aromatic heterocycles. The molecular weight excluding hydrogens is 359 g/mol. The van der Waals surface area contributed by atoms with Crippen LogP contribution in [-0.2, 0) is 27.6 Å². The fourth-order valence-corrected chi connectivity index (χ4v) is 2.97. The van der Waals surface area contributed by atoms with Crippen LogP contribution in [0.3, 0.4) is 0 Å². The number of aliphatic carboxylic acids is 1. The lowest BCUT2D eigenvalue weighted by atomic mass is 9.78. The molecule has 144 valence electrons. The van der Waals surface area contributed by atoms with Gasteiger partial charge in [-0.25, -0.2) is 0 Å². The summed E-state index contributed by atoms with van der Waals surface area (Å²) in [7, 11) is 0. The van der Waals surface area contributed by atoms with Gasteiger partial charge in [0.25, 0.3) is 0 Å². The molecule has 0 bridgehead atoms. The number of amides is 1. The molecule has 7 heteroatoms. The first kappa shape index (κ1) is 20.5. The van der Waals surface area contributed by atoms with Gasteiger partial charge in [-0.05, 0) is 23.6 Å². The van der Waals surface area contributed by atoms with Gasteiger partial charge in [-0.2, -0.15) is 13.2 Å². The maximum Gasteiger partial charge on any atom is 0.416 e. The number of rotatable bonds is 7. The van der Waals surface area contributed by atoms with Gasteiger partial charge in [-0.1, -0.05) is 55.5 Å². The minimum Gasteiger partial charge on any atom is -0.481 e. The number of carbonyl (C=O) groups is 2. The first-order valence-corrected chi connectivity index (χ1v) is 8.41. The monoisotopic (exact) mass is 379 g/mol. The molecule has 0 aliphatic heterocycles. The van der Waals surface area contributed by atoms with E-state index >= 15 is 0 Å². The fraction of sp³-hybridized carbons (Fsp3) is 0.300. The second-order valence-corrected chi connectivity index (χ2v) is 6.22. The Morgan fingerprint density at radius 2 is 1.59 bits per heavy atom. The second kappa shape index (κ2) is 8.24. The molecule has 1 atom stereocenters. The minimum atomic E-state index is -4.56. The highest BCUT2D eigenvalue weighted by Crippen LogP contribution is 2.32. The van der Waals surface area contributed by atoms with E-state index in [0.29, 0.717) is 5.56 Å². The van der Waals surface area contributed by atoms with Crippen molar-refractivity contribution in [3.05, 3.63) is 71.3 Å². The lowest BCUT2D eigenvalue weighted by Crippen LogP contribution is -2.46. The van der Waals surface area contributed by atoms with E-state index in [4.69, 9.17) is 0 Å². The average molecular weight is 379 g/mol. The third kappa shape index (κ3) is 4.67. The molecule has 0 aliphatic rings. The van der Waals surface area contributed by atoms with Crippen molar-refractivity contribution in [2.45, 2.75) is 31.4 Å². The maximum atomic E-state index is 13.0. The first-order valence-electron chi connectivity index (χ1n) is 8.41. The Hall–Kier alpha value is -2.83. The molecule has 0 heterocycles. The average Bonchev–Trinajstić information content (AvgIpc) is 2.63. The van der Waals surface area contributed by atoms with E-state index in [1.54, 1.807) is 37.3 Å². The smallest absolute Gasteiger partial charge is 0.416 e. The van der Waals surface area contributed by atoms with Crippen molar-refractivity contribution in [3.63, 3.8) is 0 Å². The molecule has 27 heavy (non-hydrogen) atoms. The molecule has 2 N–H and O–H groups in total. The first-order chi connectivity index (χ1) is 12.7.